The molecule has 0 aliphatic carbocycles. The number of nitrogens with zero attached hydrogens (tertiary/aromatic N) is 1. The summed E-state index contributed by atoms with van der Waals surface area (Å²) in [4.78, 5) is 2.28. The van der Waals surface area contributed by atoms with Crippen LogP contribution in [-0.2, 0) is 11.2 Å². The fraction of sp³-hybridized carbons (Fsp3) is 0.455. The Bertz CT molecular complexity index is 705. The Hall–Kier alpha value is -1.40. The molecule has 2 aromatic rings. The molecule has 4 nitrogen and oxygen atoms in total. The van der Waals surface area contributed by atoms with Crippen LogP contribution in [0.15, 0.2) is 53.0 Å². The topological polar surface area (TPSA) is 41.9 Å². The van der Waals surface area contributed by atoms with Crippen molar-refractivity contribution < 1.29 is 14.6 Å². The smallest absolute Gasteiger partial charge is 0.119 e. The summed E-state index contributed by atoms with van der Waals surface area (Å²) in [7, 11) is 0. The van der Waals surface area contributed by atoms with E-state index in [-0.39, 0.29) is 12.1 Å². The summed E-state index contributed by atoms with van der Waals surface area (Å²) < 4.78 is 12.8. The fourth-order valence-corrected chi connectivity index (χ4v) is 3.72. The lowest BCUT2D eigenvalue weighted by Crippen LogP contribution is -2.49. The van der Waals surface area contributed by atoms with E-state index >= 15 is 0 Å². The molecule has 0 amide bonds. The molecule has 3 unspecified atom stereocenters. The van der Waals surface area contributed by atoms with Crippen molar-refractivity contribution in [1.29, 1.82) is 0 Å². The molecule has 1 aliphatic rings. The van der Waals surface area contributed by atoms with Gasteiger partial charge in [0.1, 0.15) is 18.5 Å². The molecule has 1 aliphatic heterocycles. The summed E-state index contributed by atoms with van der Waals surface area (Å²) in [5.41, 5.74) is 2.45. The number of rotatable bonds is 7. The van der Waals surface area contributed by atoms with Gasteiger partial charge in [-0.05, 0) is 48.7 Å². The Morgan fingerprint density at radius 1 is 1.19 bits per heavy atom. The van der Waals surface area contributed by atoms with Gasteiger partial charge in [-0.3, -0.25) is 4.90 Å². The molecule has 2 aromatic carbocycles. The number of halogens is 1. The van der Waals surface area contributed by atoms with Gasteiger partial charge >= 0.3 is 0 Å². The molecule has 1 fully saturated rings. The molecule has 0 radical (unpaired) electrons. The van der Waals surface area contributed by atoms with Crippen LogP contribution in [0, 0.1) is 0 Å². The number of ether oxygens (including phenoxy) is 2. The zero-order chi connectivity index (χ0) is 19.2. The highest BCUT2D eigenvalue weighted by molar-refractivity contribution is 9.10. The number of hydrogen-bond acceptors (Lipinski definition) is 4. The van der Waals surface area contributed by atoms with Gasteiger partial charge in [-0.25, -0.2) is 0 Å². The second kappa shape index (κ2) is 9.69. The highest BCUT2D eigenvalue weighted by Crippen LogP contribution is 2.29. The molecule has 0 bridgehead atoms. The van der Waals surface area contributed by atoms with E-state index in [9.17, 15) is 5.11 Å². The van der Waals surface area contributed by atoms with Crippen molar-refractivity contribution >= 4 is 15.9 Å². The van der Waals surface area contributed by atoms with Gasteiger partial charge in [-0.15, -0.1) is 0 Å². The van der Waals surface area contributed by atoms with Gasteiger partial charge in [0.25, 0.3) is 0 Å². The van der Waals surface area contributed by atoms with E-state index in [0.29, 0.717) is 19.8 Å². The van der Waals surface area contributed by atoms with Crippen LogP contribution in [0.4, 0.5) is 0 Å². The van der Waals surface area contributed by atoms with E-state index in [1.807, 2.05) is 24.3 Å². The summed E-state index contributed by atoms with van der Waals surface area (Å²) in [6, 6.07) is 16.5. The number of aliphatic hydroxyl groups is 1. The third kappa shape index (κ3) is 5.55. The molecular formula is C22H28BrNO3. The standard InChI is InChI=1S/C22H28BrNO3/c1-3-17-4-10-21(11-5-17)27-15-20(25)14-24-12-13-26-22(16(24)2)18-6-8-19(23)9-7-18/h4-11,16,20,22,25H,3,12-15H2,1-2H3. The number of benzene rings is 2. The van der Waals surface area contributed by atoms with Crippen LogP contribution >= 0.6 is 15.9 Å². The molecule has 0 spiro atoms. The minimum atomic E-state index is -0.540. The van der Waals surface area contributed by atoms with Crippen molar-refractivity contribution in [2.45, 2.75) is 38.5 Å². The summed E-state index contributed by atoms with van der Waals surface area (Å²) in [5.74, 6) is 0.800. The molecule has 5 heteroatoms. The monoisotopic (exact) mass is 433 g/mol. The quantitative estimate of drug-likeness (QED) is 0.709. The van der Waals surface area contributed by atoms with E-state index in [4.69, 9.17) is 9.47 Å². The molecule has 0 aromatic heterocycles. The number of morpholine rings is 1. The van der Waals surface area contributed by atoms with Crippen molar-refractivity contribution in [3.05, 3.63) is 64.1 Å². The summed E-state index contributed by atoms with van der Waals surface area (Å²) in [5, 5.41) is 10.5. The first-order chi connectivity index (χ1) is 13.1. The molecule has 3 rings (SSSR count). The van der Waals surface area contributed by atoms with E-state index in [1.165, 1.54) is 5.56 Å². The first-order valence-electron chi connectivity index (χ1n) is 9.57. The Morgan fingerprint density at radius 2 is 1.89 bits per heavy atom. The Kier molecular flexibility index (Phi) is 7.30. The molecule has 1 N–H and O–H groups in total. The number of aryl methyl sites for hydroxylation is 1. The summed E-state index contributed by atoms with van der Waals surface area (Å²) in [6.07, 6.45) is 0.487. The lowest BCUT2D eigenvalue weighted by Gasteiger charge is -2.40. The molecule has 1 saturated heterocycles. The Morgan fingerprint density at radius 3 is 2.56 bits per heavy atom. The number of hydrogen-bond donors (Lipinski definition) is 1. The molecule has 1 heterocycles. The maximum Gasteiger partial charge on any atom is 0.119 e. The minimum absolute atomic E-state index is 0.0153. The van der Waals surface area contributed by atoms with Crippen molar-refractivity contribution in [2.75, 3.05) is 26.3 Å². The molecular weight excluding hydrogens is 406 g/mol. The van der Waals surface area contributed by atoms with Gasteiger partial charge in [0.2, 0.25) is 0 Å². The number of aliphatic hydroxyl groups excluding tert-OH is 1. The van der Waals surface area contributed by atoms with E-state index in [1.54, 1.807) is 0 Å². The van der Waals surface area contributed by atoms with Crippen LogP contribution in [0.5, 0.6) is 5.75 Å². The van der Waals surface area contributed by atoms with Gasteiger partial charge in [0, 0.05) is 23.6 Å². The first kappa shape index (κ1) is 20.3. The third-order valence-electron chi connectivity index (χ3n) is 5.11. The lowest BCUT2D eigenvalue weighted by atomic mass is 10.0. The third-order valence-corrected chi connectivity index (χ3v) is 5.64. The van der Waals surface area contributed by atoms with Crippen molar-refractivity contribution in [3.63, 3.8) is 0 Å². The highest BCUT2D eigenvalue weighted by atomic mass is 79.9. The predicted molar refractivity (Wildman–Crippen MR) is 111 cm³/mol. The zero-order valence-corrected chi connectivity index (χ0v) is 17.6. The van der Waals surface area contributed by atoms with Crippen molar-refractivity contribution in [3.8, 4) is 5.75 Å². The summed E-state index contributed by atoms with van der Waals surface area (Å²) in [6.45, 7) is 6.63. The van der Waals surface area contributed by atoms with Gasteiger partial charge in [-0.2, -0.15) is 0 Å². The average Bonchev–Trinajstić information content (AvgIpc) is 2.69. The molecule has 3 atom stereocenters. The lowest BCUT2D eigenvalue weighted by molar-refractivity contribution is -0.0804. The van der Waals surface area contributed by atoms with Crippen LogP contribution in [0.25, 0.3) is 0 Å². The van der Waals surface area contributed by atoms with Gasteiger partial charge in [0.05, 0.1) is 12.7 Å². The second-order valence-electron chi connectivity index (χ2n) is 7.04. The van der Waals surface area contributed by atoms with E-state index in [0.717, 1.165) is 28.8 Å². The van der Waals surface area contributed by atoms with E-state index in [2.05, 4.69) is 58.9 Å². The van der Waals surface area contributed by atoms with Gasteiger partial charge in [0.15, 0.2) is 0 Å². The van der Waals surface area contributed by atoms with Crippen LogP contribution in [0.1, 0.15) is 31.1 Å². The highest BCUT2D eigenvalue weighted by Gasteiger charge is 2.31. The van der Waals surface area contributed by atoms with Crippen molar-refractivity contribution in [2.24, 2.45) is 0 Å². The molecule has 146 valence electrons. The average molecular weight is 434 g/mol. The van der Waals surface area contributed by atoms with Crippen LogP contribution in [0.2, 0.25) is 0 Å². The number of β-amino-alcohol motifs (C(OH)–C–C–N with tert-alkyl or cyclic N) is 1. The van der Waals surface area contributed by atoms with E-state index < -0.39 is 6.10 Å². The largest absolute Gasteiger partial charge is 0.491 e. The maximum atomic E-state index is 10.5. The molecule has 27 heavy (non-hydrogen) atoms. The minimum Gasteiger partial charge on any atom is -0.491 e. The van der Waals surface area contributed by atoms with Gasteiger partial charge < -0.3 is 14.6 Å². The zero-order valence-electron chi connectivity index (χ0n) is 16.0. The van der Waals surface area contributed by atoms with Crippen LogP contribution < -0.4 is 4.74 Å². The SMILES string of the molecule is CCc1ccc(OCC(O)CN2CCOC(c3ccc(Br)cc3)C2C)cc1. The Balaban J connectivity index is 1.53. The normalized spacial score (nSPS) is 21.8. The summed E-state index contributed by atoms with van der Waals surface area (Å²) >= 11 is 3.48. The van der Waals surface area contributed by atoms with Crippen LogP contribution in [0.3, 0.4) is 0 Å². The maximum absolute atomic E-state index is 10.5. The molecule has 0 saturated carbocycles. The predicted octanol–water partition coefficient (Wildman–Crippen LogP) is 4.21. The van der Waals surface area contributed by atoms with Crippen LogP contribution in [-0.4, -0.2) is 48.5 Å². The van der Waals surface area contributed by atoms with Gasteiger partial charge in [-0.1, -0.05) is 47.1 Å². The fourth-order valence-electron chi connectivity index (χ4n) is 3.45. The first-order valence-corrected chi connectivity index (χ1v) is 10.4. The second-order valence-corrected chi connectivity index (χ2v) is 7.96. The van der Waals surface area contributed by atoms with Crippen molar-refractivity contribution in [1.82, 2.24) is 4.90 Å². The Labute approximate surface area is 170 Å².